The van der Waals surface area contributed by atoms with Gasteiger partial charge >= 0.3 is 5.97 Å². The Morgan fingerprint density at radius 3 is 3.00 bits per heavy atom. The maximum atomic E-state index is 11.0. The molecule has 1 fully saturated rings. The van der Waals surface area contributed by atoms with E-state index in [0.717, 1.165) is 5.57 Å². The Bertz CT molecular complexity index is 255. The van der Waals surface area contributed by atoms with Crippen molar-refractivity contribution in [2.45, 2.75) is 6.92 Å². The van der Waals surface area contributed by atoms with Crippen LogP contribution < -0.4 is 0 Å². The van der Waals surface area contributed by atoms with E-state index in [4.69, 9.17) is 4.74 Å². The molecule has 1 atom stereocenters. The number of carbonyl (C=O) groups is 1. The molecule has 0 amide bonds. The average Bonchev–Trinajstić information content (AvgIpc) is 2.49. The van der Waals surface area contributed by atoms with Gasteiger partial charge in [-0.25, -0.2) is 4.79 Å². The summed E-state index contributed by atoms with van der Waals surface area (Å²) in [6, 6.07) is 0. The molecule has 3 heteroatoms. The molecule has 1 rings (SSSR count). The van der Waals surface area contributed by atoms with Crippen molar-refractivity contribution in [3.63, 3.8) is 0 Å². The van der Waals surface area contributed by atoms with Gasteiger partial charge < -0.3 is 9.47 Å². The van der Waals surface area contributed by atoms with E-state index in [0.29, 0.717) is 13.2 Å². The molecule has 0 aromatic rings. The number of esters is 1. The monoisotopic (exact) mass is 182 g/mol. The standard InChI is InChI=1S/C10H14O3/c1-4-10(2)7-13-6-8(10)5-9(11)12-3/h4-5H,1,6-7H2,2-3H3/b8-5-/t10-/m0/s1. The van der Waals surface area contributed by atoms with Crippen molar-refractivity contribution in [2.75, 3.05) is 20.3 Å². The summed E-state index contributed by atoms with van der Waals surface area (Å²) >= 11 is 0. The molecule has 0 bridgehead atoms. The molecule has 1 aliphatic rings. The summed E-state index contributed by atoms with van der Waals surface area (Å²) in [6.07, 6.45) is 3.28. The maximum Gasteiger partial charge on any atom is 0.330 e. The minimum Gasteiger partial charge on any atom is -0.466 e. The van der Waals surface area contributed by atoms with Gasteiger partial charge in [0.25, 0.3) is 0 Å². The third-order valence-electron chi connectivity index (χ3n) is 2.34. The fraction of sp³-hybridized carbons (Fsp3) is 0.500. The van der Waals surface area contributed by atoms with Crippen molar-refractivity contribution in [1.29, 1.82) is 0 Å². The molecule has 0 aromatic carbocycles. The SMILES string of the molecule is C=C[C@@]1(C)COC/C1=C/C(=O)OC. The van der Waals surface area contributed by atoms with Gasteiger partial charge in [0.1, 0.15) is 0 Å². The second-order valence-corrected chi connectivity index (χ2v) is 3.31. The lowest BCUT2D eigenvalue weighted by Gasteiger charge is -2.17. The molecule has 0 aliphatic carbocycles. The summed E-state index contributed by atoms with van der Waals surface area (Å²) in [6.45, 7) is 6.78. The molecular weight excluding hydrogens is 168 g/mol. The van der Waals surface area contributed by atoms with E-state index in [2.05, 4.69) is 11.3 Å². The fourth-order valence-electron chi connectivity index (χ4n) is 1.23. The van der Waals surface area contributed by atoms with Gasteiger partial charge in [0.05, 0.1) is 20.3 Å². The van der Waals surface area contributed by atoms with Crippen LogP contribution >= 0.6 is 0 Å². The Balaban J connectivity index is 2.85. The van der Waals surface area contributed by atoms with Crippen molar-refractivity contribution in [1.82, 2.24) is 0 Å². The molecule has 13 heavy (non-hydrogen) atoms. The largest absolute Gasteiger partial charge is 0.466 e. The Kier molecular flexibility index (Phi) is 2.88. The third-order valence-corrected chi connectivity index (χ3v) is 2.34. The molecule has 1 heterocycles. The van der Waals surface area contributed by atoms with Crippen LogP contribution in [0.5, 0.6) is 0 Å². The predicted molar refractivity (Wildman–Crippen MR) is 49.2 cm³/mol. The summed E-state index contributed by atoms with van der Waals surface area (Å²) in [4.78, 5) is 11.0. The molecule has 0 radical (unpaired) electrons. The van der Waals surface area contributed by atoms with E-state index in [1.165, 1.54) is 13.2 Å². The molecule has 0 aromatic heterocycles. The summed E-state index contributed by atoms with van der Waals surface area (Å²) < 4.78 is 9.81. The van der Waals surface area contributed by atoms with Crippen LogP contribution in [0.2, 0.25) is 0 Å². The number of ether oxygens (including phenoxy) is 2. The van der Waals surface area contributed by atoms with E-state index < -0.39 is 0 Å². The number of hydrogen-bond donors (Lipinski definition) is 0. The molecule has 0 N–H and O–H groups in total. The smallest absolute Gasteiger partial charge is 0.330 e. The van der Waals surface area contributed by atoms with Crippen LogP contribution in [-0.4, -0.2) is 26.3 Å². The summed E-state index contributed by atoms with van der Waals surface area (Å²) in [7, 11) is 1.36. The van der Waals surface area contributed by atoms with Crippen LogP contribution in [0.3, 0.4) is 0 Å². The number of rotatable bonds is 2. The lowest BCUT2D eigenvalue weighted by atomic mass is 9.85. The summed E-state index contributed by atoms with van der Waals surface area (Å²) in [5, 5.41) is 0. The number of hydrogen-bond acceptors (Lipinski definition) is 3. The van der Waals surface area contributed by atoms with Crippen LogP contribution in [0.1, 0.15) is 6.92 Å². The first-order chi connectivity index (χ1) is 6.12. The first-order valence-corrected chi connectivity index (χ1v) is 4.13. The van der Waals surface area contributed by atoms with Gasteiger partial charge in [0.2, 0.25) is 0 Å². The van der Waals surface area contributed by atoms with Crippen LogP contribution in [0.4, 0.5) is 0 Å². The molecule has 0 spiro atoms. The topological polar surface area (TPSA) is 35.5 Å². The number of carbonyl (C=O) groups excluding carboxylic acids is 1. The van der Waals surface area contributed by atoms with E-state index in [-0.39, 0.29) is 11.4 Å². The van der Waals surface area contributed by atoms with E-state index in [1.54, 1.807) is 6.08 Å². The Labute approximate surface area is 78.0 Å². The first kappa shape index (κ1) is 9.99. The van der Waals surface area contributed by atoms with E-state index in [1.807, 2.05) is 6.92 Å². The van der Waals surface area contributed by atoms with Crippen LogP contribution in [-0.2, 0) is 14.3 Å². The van der Waals surface area contributed by atoms with Crippen molar-refractivity contribution in [2.24, 2.45) is 5.41 Å². The van der Waals surface area contributed by atoms with E-state index in [9.17, 15) is 4.79 Å². The zero-order chi connectivity index (χ0) is 9.90. The lowest BCUT2D eigenvalue weighted by Crippen LogP contribution is -2.15. The lowest BCUT2D eigenvalue weighted by molar-refractivity contribution is -0.134. The highest BCUT2D eigenvalue weighted by Crippen LogP contribution is 2.34. The van der Waals surface area contributed by atoms with Gasteiger partial charge in [0.15, 0.2) is 0 Å². The van der Waals surface area contributed by atoms with E-state index >= 15 is 0 Å². The van der Waals surface area contributed by atoms with Gasteiger partial charge in [-0.1, -0.05) is 13.0 Å². The molecule has 1 saturated heterocycles. The highest BCUT2D eigenvalue weighted by atomic mass is 16.5. The third kappa shape index (κ3) is 1.98. The molecular formula is C10H14O3. The molecule has 0 saturated carbocycles. The molecule has 72 valence electrons. The fourth-order valence-corrected chi connectivity index (χ4v) is 1.23. The van der Waals surface area contributed by atoms with Crippen LogP contribution in [0.15, 0.2) is 24.3 Å². The number of methoxy groups -OCH3 is 1. The summed E-state index contributed by atoms with van der Waals surface area (Å²) in [5.41, 5.74) is 0.711. The van der Waals surface area contributed by atoms with Crippen molar-refractivity contribution in [3.8, 4) is 0 Å². The highest BCUT2D eigenvalue weighted by molar-refractivity contribution is 5.83. The first-order valence-electron chi connectivity index (χ1n) is 4.13. The van der Waals surface area contributed by atoms with Gasteiger partial charge in [-0.05, 0) is 5.57 Å². The average molecular weight is 182 g/mol. The Hall–Kier alpha value is -1.09. The van der Waals surface area contributed by atoms with Crippen LogP contribution in [0, 0.1) is 5.41 Å². The quantitative estimate of drug-likeness (QED) is 0.367. The molecule has 0 unspecified atom stereocenters. The van der Waals surface area contributed by atoms with Gasteiger partial charge in [-0.2, -0.15) is 0 Å². The van der Waals surface area contributed by atoms with Gasteiger partial charge in [-0.15, -0.1) is 6.58 Å². The zero-order valence-corrected chi connectivity index (χ0v) is 8.00. The molecule has 1 aliphatic heterocycles. The highest BCUT2D eigenvalue weighted by Gasteiger charge is 2.32. The Morgan fingerprint density at radius 1 is 1.77 bits per heavy atom. The van der Waals surface area contributed by atoms with Crippen molar-refractivity contribution < 1.29 is 14.3 Å². The predicted octanol–water partition coefficient (Wildman–Crippen LogP) is 1.31. The van der Waals surface area contributed by atoms with Gasteiger partial charge in [0, 0.05) is 11.5 Å². The minimum absolute atomic E-state index is 0.214. The normalized spacial score (nSPS) is 30.5. The van der Waals surface area contributed by atoms with Crippen molar-refractivity contribution in [3.05, 3.63) is 24.3 Å². The zero-order valence-electron chi connectivity index (χ0n) is 8.00. The summed E-state index contributed by atoms with van der Waals surface area (Å²) in [5.74, 6) is -0.339. The second kappa shape index (κ2) is 3.75. The Morgan fingerprint density at radius 2 is 2.46 bits per heavy atom. The van der Waals surface area contributed by atoms with Crippen molar-refractivity contribution >= 4 is 5.97 Å². The minimum atomic E-state index is -0.339. The maximum absolute atomic E-state index is 11.0. The molecule has 3 nitrogen and oxygen atoms in total. The van der Waals surface area contributed by atoms with Crippen LogP contribution in [0.25, 0.3) is 0 Å². The second-order valence-electron chi connectivity index (χ2n) is 3.31. The van der Waals surface area contributed by atoms with Gasteiger partial charge in [-0.3, -0.25) is 0 Å².